The summed E-state index contributed by atoms with van der Waals surface area (Å²) in [6, 6.07) is 0. The average molecular weight is 189 g/mol. The van der Waals surface area contributed by atoms with Gasteiger partial charge in [0, 0.05) is 6.92 Å². The molecule has 9 heavy (non-hydrogen) atoms. The largest absolute Gasteiger partial charge is 0.347 e. The van der Waals surface area contributed by atoms with Gasteiger partial charge < -0.3 is 5.32 Å². The molecule has 0 heterocycles. The predicted octanol–water partition coefficient (Wildman–Crippen LogP) is 1.65. The lowest BCUT2D eigenvalue weighted by Gasteiger charge is -2.08. The van der Waals surface area contributed by atoms with Gasteiger partial charge in [0.15, 0.2) is 0 Å². The lowest BCUT2D eigenvalue weighted by Crippen LogP contribution is -2.24. The highest BCUT2D eigenvalue weighted by Gasteiger charge is 2.19. The van der Waals surface area contributed by atoms with Crippen LogP contribution in [0.1, 0.15) is 6.92 Å². The van der Waals surface area contributed by atoms with E-state index < -0.39 is 3.79 Å². The van der Waals surface area contributed by atoms with Crippen LogP contribution in [0.2, 0.25) is 0 Å². The van der Waals surface area contributed by atoms with E-state index in [1.165, 1.54) is 6.92 Å². The van der Waals surface area contributed by atoms with Gasteiger partial charge in [-0.3, -0.25) is 4.79 Å². The fourth-order valence-corrected chi connectivity index (χ4v) is 0.347. The molecule has 0 atom stereocenters. The minimum Gasteiger partial charge on any atom is -0.347 e. The van der Waals surface area contributed by atoms with E-state index in [0.717, 1.165) is 6.54 Å². The molecule has 1 amide bonds. The van der Waals surface area contributed by atoms with E-state index in [2.05, 4.69) is 5.32 Å². The predicted molar refractivity (Wildman–Crippen MR) is 38.4 cm³/mol. The Hall–Kier alpha value is 0.340. The summed E-state index contributed by atoms with van der Waals surface area (Å²) in [5.74, 6) is -0.263. The summed E-state index contributed by atoms with van der Waals surface area (Å²) >= 11 is 15.7. The molecule has 5 heteroatoms. The van der Waals surface area contributed by atoms with Gasteiger partial charge in [0.1, 0.15) is 6.54 Å². The van der Waals surface area contributed by atoms with Gasteiger partial charge >= 0.3 is 0 Å². The molecule has 2 nitrogen and oxygen atoms in total. The Labute approximate surface area is 68.5 Å². The zero-order valence-corrected chi connectivity index (χ0v) is 6.89. The monoisotopic (exact) mass is 188 g/mol. The van der Waals surface area contributed by atoms with E-state index in [4.69, 9.17) is 34.8 Å². The van der Waals surface area contributed by atoms with Gasteiger partial charge in [0.25, 0.3) is 0 Å². The Bertz CT molecular complexity index is 109. The fourth-order valence-electron chi connectivity index (χ4n) is 0.183. The van der Waals surface area contributed by atoms with Crippen LogP contribution in [0.4, 0.5) is 0 Å². The first-order chi connectivity index (χ1) is 3.92. The molecule has 0 saturated heterocycles. The van der Waals surface area contributed by atoms with E-state index in [-0.39, 0.29) is 5.91 Å². The summed E-state index contributed by atoms with van der Waals surface area (Å²) in [4.78, 5) is 10.2. The molecule has 0 spiro atoms. The molecule has 0 saturated carbocycles. The maximum absolute atomic E-state index is 10.2. The van der Waals surface area contributed by atoms with Crippen LogP contribution in [0.15, 0.2) is 0 Å². The van der Waals surface area contributed by atoms with E-state index >= 15 is 0 Å². The van der Waals surface area contributed by atoms with Crippen LogP contribution in [-0.4, -0.2) is 9.70 Å². The highest BCUT2D eigenvalue weighted by atomic mass is 35.6. The van der Waals surface area contributed by atoms with Crippen molar-refractivity contribution in [3.8, 4) is 0 Å². The summed E-state index contributed by atoms with van der Waals surface area (Å²) in [6.07, 6.45) is 0. The van der Waals surface area contributed by atoms with Gasteiger partial charge in [-0.2, -0.15) is 0 Å². The van der Waals surface area contributed by atoms with Crippen molar-refractivity contribution in [2.45, 2.75) is 10.7 Å². The first kappa shape index (κ1) is 9.34. The average Bonchev–Trinajstić information content (AvgIpc) is 1.59. The Morgan fingerprint density at radius 2 is 2.00 bits per heavy atom. The number of alkyl halides is 3. The molecule has 1 radical (unpaired) electrons. The van der Waals surface area contributed by atoms with Crippen LogP contribution in [0.3, 0.4) is 0 Å². The summed E-state index contributed by atoms with van der Waals surface area (Å²) in [5, 5.41) is 2.23. The Kier molecular flexibility index (Phi) is 3.63. The van der Waals surface area contributed by atoms with Crippen LogP contribution in [0.25, 0.3) is 0 Å². The lowest BCUT2D eigenvalue weighted by atomic mass is 10.6. The van der Waals surface area contributed by atoms with Crippen molar-refractivity contribution in [2.75, 3.05) is 0 Å². The SMILES string of the molecule is CC(=O)N[CH]C(Cl)(Cl)Cl. The third kappa shape index (κ3) is 8.34. The Morgan fingerprint density at radius 1 is 1.56 bits per heavy atom. The standard InChI is InChI=1S/C4H5Cl3NO/c1-3(9)8-2-4(5,6)7/h2H,1H3,(H,8,9). The second-order valence-electron chi connectivity index (χ2n) is 1.39. The Balaban J connectivity index is 3.39. The van der Waals surface area contributed by atoms with Crippen LogP contribution in [0.5, 0.6) is 0 Å². The first-order valence-electron chi connectivity index (χ1n) is 2.10. The minimum absolute atomic E-state index is 0.263. The highest BCUT2D eigenvalue weighted by Crippen LogP contribution is 2.27. The van der Waals surface area contributed by atoms with Crippen LogP contribution in [-0.2, 0) is 4.79 Å². The minimum atomic E-state index is -1.51. The van der Waals surface area contributed by atoms with Gasteiger partial charge in [-0.25, -0.2) is 0 Å². The van der Waals surface area contributed by atoms with Gasteiger partial charge in [0.05, 0.1) is 0 Å². The quantitative estimate of drug-likeness (QED) is 0.625. The van der Waals surface area contributed by atoms with Crippen LogP contribution < -0.4 is 5.32 Å². The second-order valence-corrected chi connectivity index (χ2v) is 3.76. The van der Waals surface area contributed by atoms with E-state index in [1.807, 2.05) is 0 Å². The molecule has 53 valence electrons. The zero-order chi connectivity index (χ0) is 7.49. The van der Waals surface area contributed by atoms with Crippen molar-refractivity contribution in [2.24, 2.45) is 0 Å². The van der Waals surface area contributed by atoms with Crippen molar-refractivity contribution < 1.29 is 4.79 Å². The Morgan fingerprint density at radius 3 is 2.11 bits per heavy atom. The van der Waals surface area contributed by atoms with E-state index in [9.17, 15) is 4.79 Å². The smallest absolute Gasteiger partial charge is 0.217 e. The molecule has 0 aromatic rings. The van der Waals surface area contributed by atoms with Crippen LogP contribution in [0, 0.1) is 6.54 Å². The first-order valence-corrected chi connectivity index (χ1v) is 3.23. The molecule has 0 aromatic carbocycles. The molecule has 0 aliphatic carbocycles. The number of carbonyl (C=O) groups is 1. The van der Waals surface area contributed by atoms with Crippen molar-refractivity contribution >= 4 is 40.7 Å². The molecule has 0 fully saturated rings. The lowest BCUT2D eigenvalue weighted by molar-refractivity contribution is -0.118. The number of amides is 1. The topological polar surface area (TPSA) is 29.1 Å². The molecular formula is C4H5Cl3NO. The molecule has 0 rings (SSSR count). The van der Waals surface area contributed by atoms with E-state index in [1.54, 1.807) is 0 Å². The van der Waals surface area contributed by atoms with Gasteiger partial charge in [-0.15, -0.1) is 0 Å². The molecule has 0 aliphatic heterocycles. The zero-order valence-electron chi connectivity index (χ0n) is 4.62. The summed E-state index contributed by atoms with van der Waals surface area (Å²) < 4.78 is -1.51. The van der Waals surface area contributed by atoms with E-state index in [0.29, 0.717) is 0 Å². The number of hydrogen-bond acceptors (Lipinski definition) is 1. The van der Waals surface area contributed by atoms with Crippen molar-refractivity contribution in [3.05, 3.63) is 6.54 Å². The third-order valence-corrected chi connectivity index (χ3v) is 0.766. The van der Waals surface area contributed by atoms with Crippen molar-refractivity contribution in [1.29, 1.82) is 0 Å². The number of hydrogen-bond donors (Lipinski definition) is 1. The number of nitrogens with one attached hydrogen (secondary N) is 1. The summed E-state index contributed by atoms with van der Waals surface area (Å²) in [7, 11) is 0. The molecule has 0 bridgehead atoms. The maximum atomic E-state index is 10.2. The number of rotatable bonds is 1. The summed E-state index contributed by atoms with van der Waals surface area (Å²) in [5.41, 5.74) is 0. The van der Waals surface area contributed by atoms with Crippen molar-refractivity contribution in [3.63, 3.8) is 0 Å². The highest BCUT2D eigenvalue weighted by molar-refractivity contribution is 6.68. The number of halogens is 3. The molecule has 0 unspecified atom stereocenters. The normalized spacial score (nSPS) is 11.1. The maximum Gasteiger partial charge on any atom is 0.217 e. The third-order valence-electron chi connectivity index (χ3n) is 0.439. The summed E-state index contributed by atoms with van der Waals surface area (Å²) in [6.45, 7) is 2.41. The fraction of sp³-hybridized carbons (Fsp3) is 0.500. The van der Waals surface area contributed by atoms with Crippen molar-refractivity contribution in [1.82, 2.24) is 5.32 Å². The molecule has 0 aromatic heterocycles. The number of carbonyl (C=O) groups excluding carboxylic acids is 1. The van der Waals surface area contributed by atoms with Gasteiger partial charge in [-0.05, 0) is 0 Å². The molecule has 1 N–H and O–H groups in total. The molecular weight excluding hydrogens is 184 g/mol. The van der Waals surface area contributed by atoms with Gasteiger partial charge in [0.2, 0.25) is 9.70 Å². The van der Waals surface area contributed by atoms with Gasteiger partial charge in [-0.1, -0.05) is 34.8 Å². The molecule has 0 aliphatic rings. The second kappa shape index (κ2) is 3.49. The van der Waals surface area contributed by atoms with Crippen LogP contribution >= 0.6 is 34.8 Å².